The fourth-order valence-corrected chi connectivity index (χ4v) is 1.83. The first-order chi connectivity index (χ1) is 8.60. The summed E-state index contributed by atoms with van der Waals surface area (Å²) in [5.74, 6) is 1.11. The smallest absolute Gasteiger partial charge is 0.257 e. The molecule has 0 spiro atoms. The van der Waals surface area contributed by atoms with E-state index < -0.39 is 0 Å². The SMILES string of the molecule is COC(C)Cc1noc(-c2ccc(N)c(Br)c2)n1. The number of hydrogen-bond acceptors (Lipinski definition) is 5. The van der Waals surface area contributed by atoms with Gasteiger partial charge in [-0.1, -0.05) is 5.16 Å². The number of rotatable bonds is 4. The number of anilines is 1. The number of hydrogen-bond donors (Lipinski definition) is 1. The van der Waals surface area contributed by atoms with Gasteiger partial charge < -0.3 is 15.0 Å². The standard InChI is InChI=1S/C12H14BrN3O2/c1-7(17-2)5-11-15-12(18-16-11)8-3-4-10(14)9(13)6-8/h3-4,6-7H,5,14H2,1-2H3. The first kappa shape index (κ1) is 13.0. The molecule has 0 aliphatic carbocycles. The topological polar surface area (TPSA) is 74.2 Å². The van der Waals surface area contributed by atoms with Gasteiger partial charge in [-0.2, -0.15) is 4.98 Å². The van der Waals surface area contributed by atoms with Crippen molar-refractivity contribution in [3.8, 4) is 11.5 Å². The van der Waals surface area contributed by atoms with Crippen LogP contribution in [0.4, 0.5) is 5.69 Å². The minimum atomic E-state index is 0.0635. The summed E-state index contributed by atoms with van der Waals surface area (Å²) in [6.45, 7) is 1.95. The van der Waals surface area contributed by atoms with Crippen LogP contribution in [0.15, 0.2) is 27.2 Å². The molecule has 0 saturated heterocycles. The summed E-state index contributed by atoms with van der Waals surface area (Å²) in [5.41, 5.74) is 7.23. The minimum absolute atomic E-state index is 0.0635. The van der Waals surface area contributed by atoms with E-state index in [2.05, 4.69) is 26.1 Å². The molecular formula is C12H14BrN3O2. The molecule has 0 amide bonds. The molecule has 2 rings (SSSR count). The molecule has 0 fully saturated rings. The van der Waals surface area contributed by atoms with Crippen LogP contribution in [-0.2, 0) is 11.2 Å². The van der Waals surface area contributed by atoms with Gasteiger partial charge in [-0.25, -0.2) is 0 Å². The molecule has 0 aliphatic heterocycles. The third kappa shape index (κ3) is 2.88. The van der Waals surface area contributed by atoms with Crippen LogP contribution in [0.3, 0.4) is 0 Å². The van der Waals surface area contributed by atoms with Gasteiger partial charge >= 0.3 is 0 Å². The fraction of sp³-hybridized carbons (Fsp3) is 0.333. The van der Waals surface area contributed by atoms with Gasteiger partial charge in [-0.3, -0.25) is 0 Å². The molecule has 0 aliphatic rings. The van der Waals surface area contributed by atoms with E-state index in [1.54, 1.807) is 13.2 Å². The Labute approximate surface area is 113 Å². The molecule has 1 atom stereocenters. The Kier molecular flexibility index (Phi) is 3.98. The Hall–Kier alpha value is -1.40. The average molecular weight is 312 g/mol. The second-order valence-electron chi connectivity index (χ2n) is 4.00. The van der Waals surface area contributed by atoms with Crippen molar-refractivity contribution in [3.63, 3.8) is 0 Å². The van der Waals surface area contributed by atoms with E-state index in [-0.39, 0.29) is 6.10 Å². The van der Waals surface area contributed by atoms with Crippen molar-refractivity contribution >= 4 is 21.6 Å². The van der Waals surface area contributed by atoms with Crippen LogP contribution in [0.5, 0.6) is 0 Å². The Morgan fingerprint density at radius 1 is 1.50 bits per heavy atom. The number of methoxy groups -OCH3 is 1. The number of ether oxygens (including phenoxy) is 1. The summed E-state index contributed by atoms with van der Waals surface area (Å²) in [6, 6.07) is 5.49. The lowest BCUT2D eigenvalue weighted by atomic mass is 10.2. The zero-order valence-electron chi connectivity index (χ0n) is 10.2. The van der Waals surface area contributed by atoms with Crippen molar-refractivity contribution in [3.05, 3.63) is 28.5 Å². The highest BCUT2D eigenvalue weighted by atomic mass is 79.9. The molecule has 2 aromatic rings. The molecule has 96 valence electrons. The maximum Gasteiger partial charge on any atom is 0.257 e. The van der Waals surface area contributed by atoms with Crippen LogP contribution < -0.4 is 5.73 Å². The van der Waals surface area contributed by atoms with Gasteiger partial charge in [0.15, 0.2) is 5.82 Å². The molecule has 1 heterocycles. The number of nitrogen functional groups attached to an aromatic ring is 1. The van der Waals surface area contributed by atoms with E-state index in [9.17, 15) is 0 Å². The van der Waals surface area contributed by atoms with E-state index in [0.29, 0.717) is 23.8 Å². The molecule has 1 aromatic heterocycles. The average Bonchev–Trinajstić information content (AvgIpc) is 2.81. The second-order valence-corrected chi connectivity index (χ2v) is 4.86. The zero-order valence-corrected chi connectivity index (χ0v) is 11.8. The van der Waals surface area contributed by atoms with Crippen molar-refractivity contribution in [2.24, 2.45) is 0 Å². The molecule has 1 aromatic carbocycles. The predicted molar refractivity (Wildman–Crippen MR) is 72.0 cm³/mol. The molecule has 0 radical (unpaired) electrons. The zero-order chi connectivity index (χ0) is 13.1. The lowest BCUT2D eigenvalue weighted by Gasteiger charge is -2.04. The first-order valence-corrected chi connectivity index (χ1v) is 6.30. The highest BCUT2D eigenvalue weighted by Crippen LogP contribution is 2.26. The maximum atomic E-state index is 5.73. The largest absolute Gasteiger partial charge is 0.398 e. The molecule has 18 heavy (non-hydrogen) atoms. The van der Waals surface area contributed by atoms with Crippen LogP contribution in [0.2, 0.25) is 0 Å². The van der Waals surface area contributed by atoms with Crippen LogP contribution in [0.25, 0.3) is 11.5 Å². The quantitative estimate of drug-likeness (QED) is 0.879. The van der Waals surface area contributed by atoms with Gasteiger partial charge in [0.05, 0.1) is 6.10 Å². The van der Waals surface area contributed by atoms with Gasteiger partial charge in [0.2, 0.25) is 0 Å². The van der Waals surface area contributed by atoms with Crippen LogP contribution in [-0.4, -0.2) is 23.4 Å². The van der Waals surface area contributed by atoms with Crippen molar-refractivity contribution in [1.29, 1.82) is 0 Å². The van der Waals surface area contributed by atoms with E-state index in [4.69, 9.17) is 15.0 Å². The van der Waals surface area contributed by atoms with Crippen LogP contribution in [0, 0.1) is 0 Å². The highest BCUT2D eigenvalue weighted by molar-refractivity contribution is 9.10. The Morgan fingerprint density at radius 2 is 2.28 bits per heavy atom. The third-order valence-electron chi connectivity index (χ3n) is 2.59. The summed E-state index contributed by atoms with van der Waals surface area (Å²) in [7, 11) is 1.66. The van der Waals surface area contributed by atoms with Gasteiger partial charge in [-0.15, -0.1) is 0 Å². The normalized spacial score (nSPS) is 12.6. The van der Waals surface area contributed by atoms with Gasteiger partial charge in [0.1, 0.15) is 0 Å². The Balaban J connectivity index is 2.21. The maximum absolute atomic E-state index is 5.73. The van der Waals surface area contributed by atoms with E-state index in [1.165, 1.54) is 0 Å². The molecular weight excluding hydrogens is 298 g/mol. The Bertz CT molecular complexity index is 542. The fourth-order valence-electron chi connectivity index (χ4n) is 1.45. The lowest BCUT2D eigenvalue weighted by molar-refractivity contribution is 0.116. The molecule has 5 nitrogen and oxygen atoms in total. The lowest BCUT2D eigenvalue weighted by Crippen LogP contribution is -2.09. The summed E-state index contributed by atoms with van der Waals surface area (Å²) in [4.78, 5) is 4.32. The van der Waals surface area contributed by atoms with Crippen LogP contribution in [0.1, 0.15) is 12.7 Å². The van der Waals surface area contributed by atoms with E-state index in [0.717, 1.165) is 10.0 Å². The van der Waals surface area contributed by atoms with Crippen molar-refractivity contribution < 1.29 is 9.26 Å². The number of nitrogens with zero attached hydrogens (tertiary/aromatic N) is 2. The predicted octanol–water partition coefficient (Wildman–Crippen LogP) is 2.66. The number of aromatic nitrogens is 2. The van der Waals surface area contributed by atoms with Crippen molar-refractivity contribution in [2.75, 3.05) is 12.8 Å². The number of halogens is 1. The van der Waals surface area contributed by atoms with Gasteiger partial charge in [0.25, 0.3) is 5.89 Å². The summed E-state index contributed by atoms with van der Waals surface area (Å²) >= 11 is 3.37. The summed E-state index contributed by atoms with van der Waals surface area (Å²) < 4.78 is 11.2. The van der Waals surface area contributed by atoms with Crippen molar-refractivity contribution in [2.45, 2.75) is 19.4 Å². The highest BCUT2D eigenvalue weighted by Gasteiger charge is 2.12. The van der Waals surface area contributed by atoms with Gasteiger partial charge in [-0.05, 0) is 41.1 Å². The second kappa shape index (κ2) is 5.49. The molecule has 0 saturated carbocycles. The van der Waals surface area contributed by atoms with Crippen LogP contribution >= 0.6 is 15.9 Å². The number of benzene rings is 1. The molecule has 2 N–H and O–H groups in total. The minimum Gasteiger partial charge on any atom is -0.398 e. The molecule has 1 unspecified atom stereocenters. The molecule has 6 heteroatoms. The van der Waals surface area contributed by atoms with E-state index in [1.807, 2.05) is 19.1 Å². The summed E-state index contributed by atoms with van der Waals surface area (Å²) in [5, 5.41) is 3.92. The summed E-state index contributed by atoms with van der Waals surface area (Å²) in [6.07, 6.45) is 0.685. The number of nitrogens with two attached hydrogens (primary N) is 1. The molecule has 0 bridgehead atoms. The monoisotopic (exact) mass is 311 g/mol. The van der Waals surface area contributed by atoms with Gasteiger partial charge in [0, 0.05) is 29.3 Å². The third-order valence-corrected chi connectivity index (χ3v) is 3.27. The first-order valence-electron chi connectivity index (χ1n) is 5.51. The van der Waals surface area contributed by atoms with Crippen molar-refractivity contribution in [1.82, 2.24) is 10.1 Å². The Morgan fingerprint density at radius 3 is 2.94 bits per heavy atom. The van der Waals surface area contributed by atoms with E-state index >= 15 is 0 Å².